The van der Waals surface area contributed by atoms with Gasteiger partial charge in [0.25, 0.3) is 0 Å². The molecule has 1 aromatic carbocycles. The molecule has 0 aromatic heterocycles. The number of amides is 1. The van der Waals surface area contributed by atoms with Gasteiger partial charge in [0.05, 0.1) is 29.8 Å². The number of anilines is 1. The van der Waals surface area contributed by atoms with Crippen molar-refractivity contribution in [1.29, 1.82) is 5.26 Å². The van der Waals surface area contributed by atoms with Crippen molar-refractivity contribution in [3.63, 3.8) is 0 Å². The average molecular weight is 329 g/mol. The van der Waals surface area contributed by atoms with E-state index in [2.05, 4.69) is 11.4 Å². The first-order valence-corrected chi connectivity index (χ1v) is 8.27. The third kappa shape index (κ3) is 4.33. The summed E-state index contributed by atoms with van der Waals surface area (Å²) in [5.41, 5.74) is 0.942. The number of nitrogens with one attached hydrogen (secondary N) is 1. The highest BCUT2D eigenvalue weighted by Gasteiger charge is 2.31. The molecule has 0 saturated carbocycles. The molecule has 1 saturated heterocycles. The Morgan fingerprint density at radius 1 is 1.46 bits per heavy atom. The maximum atomic E-state index is 12.5. The van der Waals surface area contributed by atoms with Crippen LogP contribution in [0.2, 0.25) is 0 Å². The molecule has 1 N–H and O–H groups in total. The van der Waals surface area contributed by atoms with E-state index < -0.39 is 0 Å². The predicted octanol–water partition coefficient (Wildman–Crippen LogP) is 2.16. The lowest BCUT2D eigenvalue weighted by Crippen LogP contribution is -2.48. The summed E-state index contributed by atoms with van der Waals surface area (Å²) in [6, 6.07) is 8.59. The van der Waals surface area contributed by atoms with Crippen LogP contribution in [0.1, 0.15) is 32.3 Å². The number of benzene rings is 1. The van der Waals surface area contributed by atoms with Gasteiger partial charge in [-0.05, 0) is 45.4 Å². The normalized spacial score (nSPS) is 19.1. The van der Waals surface area contributed by atoms with E-state index in [1.54, 1.807) is 31.2 Å². The van der Waals surface area contributed by atoms with Gasteiger partial charge in [0.15, 0.2) is 0 Å². The molecule has 0 spiro atoms. The van der Waals surface area contributed by atoms with Gasteiger partial charge in [0.2, 0.25) is 5.91 Å². The van der Waals surface area contributed by atoms with Crippen molar-refractivity contribution >= 4 is 17.6 Å². The van der Waals surface area contributed by atoms with Crippen molar-refractivity contribution in [1.82, 2.24) is 4.90 Å². The zero-order chi connectivity index (χ0) is 17.5. The van der Waals surface area contributed by atoms with E-state index in [4.69, 9.17) is 10.00 Å². The first-order valence-electron chi connectivity index (χ1n) is 8.27. The highest BCUT2D eigenvalue weighted by atomic mass is 16.5. The number of nitriles is 1. The maximum Gasteiger partial charge on any atom is 0.310 e. The van der Waals surface area contributed by atoms with Gasteiger partial charge in [-0.25, -0.2) is 0 Å². The fourth-order valence-corrected chi connectivity index (χ4v) is 2.90. The Balaban J connectivity index is 2.00. The van der Waals surface area contributed by atoms with Gasteiger partial charge < -0.3 is 10.1 Å². The number of hydrogen-bond acceptors (Lipinski definition) is 5. The monoisotopic (exact) mass is 329 g/mol. The molecular formula is C18H23N3O3. The molecule has 128 valence electrons. The largest absolute Gasteiger partial charge is 0.466 e. The SMILES string of the molecule is CCOC(=O)[C@@H]1CCCN([C@H](C)C(=O)Nc2ccccc2C#N)C1. The van der Waals surface area contributed by atoms with Crippen LogP contribution in [-0.4, -0.2) is 42.5 Å². The summed E-state index contributed by atoms with van der Waals surface area (Å²) < 4.78 is 5.09. The molecule has 0 aliphatic carbocycles. The fraction of sp³-hybridized carbons (Fsp3) is 0.500. The predicted molar refractivity (Wildman–Crippen MR) is 90.2 cm³/mol. The molecule has 1 amide bonds. The minimum absolute atomic E-state index is 0.179. The Labute approximate surface area is 142 Å². The summed E-state index contributed by atoms with van der Waals surface area (Å²) in [5.74, 6) is -0.549. The second-order valence-electron chi connectivity index (χ2n) is 5.91. The Hall–Kier alpha value is -2.39. The zero-order valence-corrected chi connectivity index (χ0v) is 14.1. The maximum absolute atomic E-state index is 12.5. The number of rotatable bonds is 5. The number of carbonyl (C=O) groups is 2. The lowest BCUT2D eigenvalue weighted by Gasteiger charge is -2.35. The number of nitrogens with zero attached hydrogens (tertiary/aromatic N) is 2. The molecule has 1 heterocycles. The number of hydrogen-bond donors (Lipinski definition) is 1. The summed E-state index contributed by atoms with van der Waals surface area (Å²) in [4.78, 5) is 26.4. The van der Waals surface area contributed by atoms with Crippen molar-refractivity contribution in [2.24, 2.45) is 5.92 Å². The molecule has 6 heteroatoms. The van der Waals surface area contributed by atoms with Gasteiger partial charge in [-0.1, -0.05) is 12.1 Å². The lowest BCUT2D eigenvalue weighted by molar-refractivity contribution is -0.150. The van der Waals surface area contributed by atoms with Gasteiger partial charge >= 0.3 is 5.97 Å². The van der Waals surface area contributed by atoms with Gasteiger partial charge in [-0.15, -0.1) is 0 Å². The Morgan fingerprint density at radius 2 is 2.21 bits per heavy atom. The Morgan fingerprint density at radius 3 is 2.92 bits per heavy atom. The van der Waals surface area contributed by atoms with Crippen molar-refractivity contribution in [3.05, 3.63) is 29.8 Å². The van der Waals surface area contributed by atoms with Crippen molar-refractivity contribution in [2.75, 3.05) is 25.0 Å². The topological polar surface area (TPSA) is 82.4 Å². The van der Waals surface area contributed by atoms with E-state index in [0.717, 1.165) is 19.4 Å². The molecule has 1 aliphatic rings. The molecule has 0 radical (unpaired) electrons. The smallest absolute Gasteiger partial charge is 0.310 e. The highest BCUT2D eigenvalue weighted by molar-refractivity contribution is 5.95. The third-order valence-electron chi connectivity index (χ3n) is 4.31. The van der Waals surface area contributed by atoms with Crippen LogP contribution in [0.4, 0.5) is 5.69 Å². The van der Waals surface area contributed by atoms with Gasteiger partial charge in [0, 0.05) is 6.54 Å². The summed E-state index contributed by atoms with van der Waals surface area (Å²) in [6.07, 6.45) is 1.65. The van der Waals surface area contributed by atoms with Crippen LogP contribution in [0.15, 0.2) is 24.3 Å². The minimum atomic E-state index is -0.381. The molecule has 1 aromatic rings. The second kappa shape index (κ2) is 8.46. The molecule has 2 rings (SSSR count). The Bertz CT molecular complexity index is 639. The van der Waals surface area contributed by atoms with Crippen molar-refractivity contribution < 1.29 is 14.3 Å². The van der Waals surface area contributed by atoms with Crippen LogP contribution in [0.3, 0.4) is 0 Å². The summed E-state index contributed by atoms with van der Waals surface area (Å²) in [5, 5.41) is 11.9. The number of ether oxygens (including phenoxy) is 1. The van der Waals surface area contributed by atoms with Crippen LogP contribution >= 0.6 is 0 Å². The molecule has 1 aliphatic heterocycles. The standard InChI is InChI=1S/C18H23N3O3/c1-3-24-18(23)15-8-6-10-21(12-15)13(2)17(22)20-16-9-5-4-7-14(16)11-19/h4-5,7,9,13,15H,3,6,8,10,12H2,1-2H3,(H,20,22)/t13-,15-/m1/s1. The molecule has 0 bridgehead atoms. The first kappa shape index (κ1) is 18.0. The van der Waals surface area contributed by atoms with Gasteiger partial charge in [-0.2, -0.15) is 5.26 Å². The van der Waals surface area contributed by atoms with E-state index in [9.17, 15) is 9.59 Å². The summed E-state index contributed by atoms with van der Waals surface area (Å²) >= 11 is 0. The summed E-state index contributed by atoms with van der Waals surface area (Å²) in [6.45, 7) is 5.27. The highest BCUT2D eigenvalue weighted by Crippen LogP contribution is 2.21. The molecule has 0 unspecified atom stereocenters. The van der Waals surface area contributed by atoms with Crippen LogP contribution in [-0.2, 0) is 14.3 Å². The molecule has 1 fully saturated rings. The van der Waals surface area contributed by atoms with Crippen molar-refractivity contribution in [2.45, 2.75) is 32.7 Å². The summed E-state index contributed by atoms with van der Waals surface area (Å²) in [7, 11) is 0. The second-order valence-corrected chi connectivity index (χ2v) is 5.91. The first-order chi connectivity index (χ1) is 11.6. The average Bonchev–Trinajstić information content (AvgIpc) is 2.61. The molecular weight excluding hydrogens is 306 g/mol. The number of piperidine rings is 1. The van der Waals surface area contributed by atoms with E-state index in [-0.39, 0.29) is 23.8 Å². The molecule has 24 heavy (non-hydrogen) atoms. The molecule has 2 atom stereocenters. The minimum Gasteiger partial charge on any atom is -0.466 e. The van der Waals surface area contributed by atoms with E-state index >= 15 is 0 Å². The zero-order valence-electron chi connectivity index (χ0n) is 14.1. The third-order valence-corrected chi connectivity index (χ3v) is 4.31. The number of carbonyl (C=O) groups excluding carboxylic acids is 2. The molecule has 6 nitrogen and oxygen atoms in total. The van der Waals surface area contributed by atoms with Crippen LogP contribution in [0.5, 0.6) is 0 Å². The van der Waals surface area contributed by atoms with E-state index in [0.29, 0.717) is 24.4 Å². The van der Waals surface area contributed by atoms with Gasteiger partial charge in [0.1, 0.15) is 6.07 Å². The van der Waals surface area contributed by atoms with E-state index in [1.165, 1.54) is 0 Å². The van der Waals surface area contributed by atoms with Crippen molar-refractivity contribution in [3.8, 4) is 6.07 Å². The number of likely N-dealkylation sites (tertiary alicyclic amines) is 1. The Kier molecular flexibility index (Phi) is 6.33. The fourth-order valence-electron chi connectivity index (χ4n) is 2.90. The lowest BCUT2D eigenvalue weighted by atomic mass is 9.97. The van der Waals surface area contributed by atoms with Crippen LogP contribution < -0.4 is 5.32 Å². The van der Waals surface area contributed by atoms with E-state index in [1.807, 2.05) is 11.8 Å². The number of para-hydroxylation sites is 1. The number of esters is 1. The van der Waals surface area contributed by atoms with Crippen LogP contribution in [0.25, 0.3) is 0 Å². The quantitative estimate of drug-likeness (QED) is 0.837. The van der Waals surface area contributed by atoms with Crippen LogP contribution in [0, 0.1) is 17.2 Å². The van der Waals surface area contributed by atoms with Gasteiger partial charge in [-0.3, -0.25) is 14.5 Å².